The van der Waals surface area contributed by atoms with Crippen molar-refractivity contribution in [2.45, 2.75) is 6.54 Å². The van der Waals surface area contributed by atoms with E-state index in [0.29, 0.717) is 23.0 Å². The number of carbonyl (C=O) groups excluding carboxylic acids is 1. The molecule has 0 N–H and O–H groups in total. The Morgan fingerprint density at radius 3 is 2.68 bits per heavy atom. The summed E-state index contributed by atoms with van der Waals surface area (Å²) in [6.45, 7) is 4.44. The third-order valence-corrected chi connectivity index (χ3v) is 4.76. The summed E-state index contributed by atoms with van der Waals surface area (Å²) in [7, 11) is 0. The summed E-state index contributed by atoms with van der Waals surface area (Å²) in [5.74, 6) is -0.234. The van der Waals surface area contributed by atoms with E-state index in [0.717, 1.165) is 4.88 Å². The first-order valence-corrected chi connectivity index (χ1v) is 8.74. The van der Waals surface area contributed by atoms with Gasteiger partial charge < -0.3 is 4.90 Å². The Kier molecular flexibility index (Phi) is 6.75. The molecular weight excluding hydrogens is 383 g/mol. The first-order chi connectivity index (χ1) is 11.9. The van der Waals surface area contributed by atoms with Crippen molar-refractivity contribution in [3.05, 3.63) is 79.0 Å². The minimum absolute atomic E-state index is 0.0522. The van der Waals surface area contributed by atoms with Crippen LogP contribution in [0.3, 0.4) is 0 Å². The molecule has 0 atom stereocenters. The molecule has 0 fully saturated rings. The molecule has 8 heteroatoms. The molecule has 0 aliphatic carbocycles. The van der Waals surface area contributed by atoms with Crippen LogP contribution in [0.25, 0.3) is 6.08 Å². The lowest BCUT2D eigenvalue weighted by atomic mass is 10.2. The van der Waals surface area contributed by atoms with Crippen molar-refractivity contribution in [2.24, 2.45) is 0 Å². The Morgan fingerprint density at radius 1 is 1.32 bits per heavy atom. The molecule has 0 radical (unpaired) electrons. The molecule has 1 amide bonds. The van der Waals surface area contributed by atoms with Gasteiger partial charge in [0.2, 0.25) is 5.91 Å². The fourth-order valence-corrected chi connectivity index (χ4v) is 3.35. The van der Waals surface area contributed by atoms with E-state index in [-0.39, 0.29) is 16.6 Å². The van der Waals surface area contributed by atoms with Gasteiger partial charge in [-0.1, -0.05) is 35.3 Å². The van der Waals surface area contributed by atoms with Crippen molar-refractivity contribution in [1.82, 2.24) is 4.90 Å². The van der Waals surface area contributed by atoms with Crippen molar-refractivity contribution in [3.8, 4) is 0 Å². The van der Waals surface area contributed by atoms with E-state index >= 15 is 0 Å². The predicted molar refractivity (Wildman–Crippen MR) is 102 cm³/mol. The number of nitro groups is 1. The maximum absolute atomic E-state index is 12.4. The van der Waals surface area contributed by atoms with Crippen LogP contribution in [-0.4, -0.2) is 22.3 Å². The Morgan fingerprint density at radius 2 is 2.08 bits per heavy atom. The zero-order chi connectivity index (χ0) is 18.4. The molecule has 0 aliphatic heterocycles. The average molecular weight is 397 g/mol. The number of rotatable bonds is 7. The van der Waals surface area contributed by atoms with Crippen LogP contribution < -0.4 is 0 Å². The standard InChI is InChI=1S/C17H14Cl2N2O3S/c1-2-9-20(11-13-5-7-16(19)25-13)17(22)8-4-12-3-6-14(18)15(10-12)21(23)24/h2-8,10H,1,9,11H2. The highest BCUT2D eigenvalue weighted by atomic mass is 35.5. The van der Waals surface area contributed by atoms with Crippen LogP contribution in [0, 0.1) is 10.1 Å². The van der Waals surface area contributed by atoms with E-state index in [1.54, 1.807) is 23.1 Å². The van der Waals surface area contributed by atoms with Crippen molar-refractivity contribution >= 4 is 52.2 Å². The second-order valence-corrected chi connectivity index (χ2v) is 7.22. The van der Waals surface area contributed by atoms with E-state index in [2.05, 4.69) is 6.58 Å². The average Bonchev–Trinajstić information content (AvgIpc) is 2.98. The minimum atomic E-state index is -0.563. The second-order valence-electron chi connectivity index (χ2n) is 5.01. The zero-order valence-electron chi connectivity index (χ0n) is 13.0. The van der Waals surface area contributed by atoms with Gasteiger partial charge in [0.25, 0.3) is 5.69 Å². The Labute approximate surface area is 158 Å². The molecule has 0 aliphatic rings. The zero-order valence-corrected chi connectivity index (χ0v) is 15.4. The summed E-state index contributed by atoms with van der Waals surface area (Å²) in [5.41, 5.74) is 0.314. The monoisotopic (exact) mass is 396 g/mol. The highest BCUT2D eigenvalue weighted by molar-refractivity contribution is 7.16. The van der Waals surface area contributed by atoms with Crippen molar-refractivity contribution in [1.29, 1.82) is 0 Å². The molecule has 2 aromatic rings. The third kappa shape index (κ3) is 5.42. The Bertz CT molecular complexity index is 833. The van der Waals surface area contributed by atoms with Gasteiger partial charge in [0.1, 0.15) is 5.02 Å². The topological polar surface area (TPSA) is 63.5 Å². The molecule has 2 rings (SSSR count). The highest BCUT2D eigenvalue weighted by Crippen LogP contribution is 2.26. The van der Waals surface area contributed by atoms with Gasteiger partial charge >= 0.3 is 0 Å². The number of benzene rings is 1. The lowest BCUT2D eigenvalue weighted by molar-refractivity contribution is -0.384. The van der Waals surface area contributed by atoms with Crippen LogP contribution >= 0.6 is 34.5 Å². The van der Waals surface area contributed by atoms with Crippen molar-refractivity contribution < 1.29 is 9.72 Å². The molecule has 0 bridgehead atoms. The van der Waals surface area contributed by atoms with Gasteiger partial charge in [-0.25, -0.2) is 0 Å². The Hall–Kier alpha value is -2.15. The van der Waals surface area contributed by atoms with Crippen molar-refractivity contribution in [3.63, 3.8) is 0 Å². The summed E-state index contributed by atoms with van der Waals surface area (Å²) < 4.78 is 0.657. The number of halogens is 2. The van der Waals surface area contributed by atoms with Gasteiger partial charge in [-0.3, -0.25) is 14.9 Å². The van der Waals surface area contributed by atoms with Gasteiger partial charge in [-0.2, -0.15) is 0 Å². The van der Waals surface area contributed by atoms with Gasteiger partial charge in [-0.15, -0.1) is 17.9 Å². The largest absolute Gasteiger partial charge is 0.330 e. The summed E-state index contributed by atoms with van der Waals surface area (Å²) in [4.78, 5) is 25.3. The number of hydrogen-bond acceptors (Lipinski definition) is 4. The van der Waals surface area contributed by atoms with Crippen LogP contribution in [0.4, 0.5) is 5.69 Å². The van der Waals surface area contributed by atoms with Gasteiger partial charge in [-0.05, 0) is 29.8 Å². The van der Waals surface area contributed by atoms with Crippen LogP contribution in [0.1, 0.15) is 10.4 Å². The summed E-state index contributed by atoms with van der Waals surface area (Å²) in [6, 6.07) is 8.00. The lowest BCUT2D eigenvalue weighted by Crippen LogP contribution is -2.28. The highest BCUT2D eigenvalue weighted by Gasteiger charge is 2.13. The molecule has 1 aromatic carbocycles. The SMILES string of the molecule is C=CCN(Cc1ccc(Cl)s1)C(=O)C=Cc1ccc(Cl)c([N+](=O)[O-])c1. The number of nitro benzene ring substituents is 1. The quantitative estimate of drug-likeness (QED) is 0.280. The maximum atomic E-state index is 12.4. The van der Waals surface area contributed by atoms with Crippen LogP contribution in [0.15, 0.2) is 49.1 Å². The van der Waals surface area contributed by atoms with Gasteiger partial charge in [0.05, 0.1) is 15.8 Å². The third-order valence-electron chi connectivity index (χ3n) is 3.22. The smallest absolute Gasteiger partial charge is 0.288 e. The summed E-state index contributed by atoms with van der Waals surface area (Å²) in [5, 5.41) is 11.0. The number of hydrogen-bond donors (Lipinski definition) is 0. The number of nitrogens with zero attached hydrogens (tertiary/aromatic N) is 2. The van der Waals surface area contributed by atoms with Crippen molar-refractivity contribution in [2.75, 3.05) is 6.54 Å². The Balaban J connectivity index is 2.14. The molecule has 0 spiro atoms. The van der Waals surface area contributed by atoms with E-state index in [4.69, 9.17) is 23.2 Å². The van der Waals surface area contributed by atoms with E-state index in [9.17, 15) is 14.9 Å². The first kappa shape index (κ1) is 19.2. The van der Waals surface area contributed by atoms with Crippen LogP contribution in [0.5, 0.6) is 0 Å². The van der Waals surface area contributed by atoms with E-state index < -0.39 is 4.92 Å². The molecule has 5 nitrogen and oxygen atoms in total. The minimum Gasteiger partial charge on any atom is -0.330 e. The molecule has 25 heavy (non-hydrogen) atoms. The predicted octanol–water partition coefficient (Wildman–Crippen LogP) is 5.19. The normalized spacial score (nSPS) is 10.8. The second kappa shape index (κ2) is 8.80. The number of thiophene rings is 1. The maximum Gasteiger partial charge on any atom is 0.288 e. The fourth-order valence-electron chi connectivity index (χ4n) is 2.06. The van der Waals surface area contributed by atoms with Gasteiger partial charge in [0, 0.05) is 23.6 Å². The molecule has 0 saturated heterocycles. The van der Waals surface area contributed by atoms with Crippen LogP contribution in [0.2, 0.25) is 9.36 Å². The van der Waals surface area contributed by atoms with E-state index in [1.807, 2.05) is 6.07 Å². The summed E-state index contributed by atoms with van der Waals surface area (Å²) in [6.07, 6.45) is 4.52. The number of amides is 1. The molecule has 1 heterocycles. The van der Waals surface area contributed by atoms with Gasteiger partial charge in [0.15, 0.2) is 0 Å². The molecule has 0 saturated carbocycles. The van der Waals surface area contributed by atoms with E-state index in [1.165, 1.54) is 35.6 Å². The molecule has 0 unspecified atom stereocenters. The fraction of sp³-hybridized carbons (Fsp3) is 0.118. The lowest BCUT2D eigenvalue weighted by Gasteiger charge is -2.18. The molecule has 1 aromatic heterocycles. The molecular formula is C17H14Cl2N2O3S. The molecule has 130 valence electrons. The van der Waals surface area contributed by atoms with Crippen LogP contribution in [-0.2, 0) is 11.3 Å². The summed E-state index contributed by atoms with van der Waals surface area (Å²) >= 11 is 13.1. The first-order valence-electron chi connectivity index (χ1n) is 7.16. The number of carbonyl (C=O) groups is 1.